The molecule has 6 heterocycles. The minimum absolute atomic E-state index is 0.0806. The van der Waals surface area contributed by atoms with Gasteiger partial charge in [-0.2, -0.15) is 10.2 Å². The van der Waals surface area contributed by atoms with Crippen molar-refractivity contribution in [2.45, 2.75) is 25.7 Å². The molecule has 1 unspecified atom stereocenters. The second-order valence-corrected chi connectivity index (χ2v) is 8.42. The summed E-state index contributed by atoms with van der Waals surface area (Å²) in [7, 11) is 1.76. The Balaban J connectivity index is 1.40. The normalized spacial score (nSPS) is 15.8. The minimum Gasteiger partial charge on any atom is -0.412 e. The molecule has 37 heavy (non-hydrogen) atoms. The minimum atomic E-state index is -4.88. The summed E-state index contributed by atoms with van der Waals surface area (Å²) >= 11 is 0. The van der Waals surface area contributed by atoms with Gasteiger partial charge in [0.15, 0.2) is 5.75 Å². The van der Waals surface area contributed by atoms with Crippen molar-refractivity contribution in [2.75, 3.05) is 6.54 Å². The lowest BCUT2D eigenvalue weighted by molar-refractivity contribution is -0.274. The molecule has 15 heteroatoms. The first kappa shape index (κ1) is 22.8. The number of H-pyrrole nitrogens is 1. The van der Waals surface area contributed by atoms with Crippen LogP contribution in [-0.4, -0.2) is 63.3 Å². The molecule has 190 valence electrons. The van der Waals surface area contributed by atoms with E-state index in [0.29, 0.717) is 23.4 Å². The molecule has 5 aromatic heterocycles. The van der Waals surface area contributed by atoms with Crippen molar-refractivity contribution in [3.63, 3.8) is 0 Å². The van der Waals surface area contributed by atoms with Crippen molar-refractivity contribution < 1.29 is 27.1 Å². The highest BCUT2D eigenvalue weighted by Gasteiger charge is 2.39. The molecular formula is C22H18F3N9O3. The summed E-state index contributed by atoms with van der Waals surface area (Å²) < 4.78 is 51.6. The van der Waals surface area contributed by atoms with Crippen LogP contribution < -0.4 is 4.74 Å². The fraction of sp³-hybridized carbons (Fsp3) is 0.273. The third kappa shape index (κ3) is 3.88. The molecule has 1 aliphatic rings. The molecule has 1 amide bonds. The van der Waals surface area contributed by atoms with Crippen molar-refractivity contribution in [1.29, 1.82) is 0 Å². The van der Waals surface area contributed by atoms with E-state index in [1.807, 2.05) is 6.92 Å². The lowest BCUT2D eigenvalue weighted by Crippen LogP contribution is -2.41. The van der Waals surface area contributed by atoms with Crippen LogP contribution >= 0.6 is 0 Å². The lowest BCUT2D eigenvalue weighted by atomic mass is 9.99. The van der Waals surface area contributed by atoms with Gasteiger partial charge in [0.25, 0.3) is 5.89 Å². The number of nitrogens with zero attached hydrogens (tertiary/aromatic N) is 8. The Hall–Kier alpha value is -4.69. The molecule has 0 fully saturated rings. The van der Waals surface area contributed by atoms with Gasteiger partial charge in [0.2, 0.25) is 0 Å². The number of aryl methyl sites for hydroxylation is 1. The topological polar surface area (TPSA) is 132 Å². The molecule has 12 nitrogen and oxygen atoms in total. The number of halogens is 3. The Morgan fingerprint density at radius 2 is 2.14 bits per heavy atom. The van der Waals surface area contributed by atoms with Crippen LogP contribution in [0.3, 0.4) is 0 Å². The highest BCUT2D eigenvalue weighted by Crippen LogP contribution is 2.36. The number of hydrogen-bond acceptors (Lipinski definition) is 8. The number of aromatic nitrogens is 8. The second kappa shape index (κ2) is 8.18. The molecule has 6 rings (SSSR count). The van der Waals surface area contributed by atoms with Gasteiger partial charge < -0.3 is 19.0 Å². The number of carbonyl (C=O) groups is 1. The van der Waals surface area contributed by atoms with Crippen LogP contribution in [0, 0.1) is 6.92 Å². The Kier molecular flexibility index (Phi) is 5.03. The number of fused-ring (bicyclic) bond motifs is 2. The smallest absolute Gasteiger partial charge is 0.412 e. The van der Waals surface area contributed by atoms with Gasteiger partial charge in [-0.15, -0.1) is 23.4 Å². The maximum Gasteiger partial charge on any atom is 0.573 e. The first-order valence-corrected chi connectivity index (χ1v) is 11.1. The van der Waals surface area contributed by atoms with Gasteiger partial charge in [0.1, 0.15) is 11.6 Å². The Morgan fingerprint density at radius 3 is 2.89 bits per heavy atom. The number of amides is 1. The zero-order valence-corrected chi connectivity index (χ0v) is 19.4. The SMILES string of the molecule is Cc1c(-c2nnc(C(=O)N3CCc4[nH]cnc4C3c3cc4c(OC(F)(F)F)cccn4n3)o2)cnn1C. The van der Waals surface area contributed by atoms with E-state index in [1.54, 1.807) is 17.9 Å². The molecule has 1 N–H and O–H groups in total. The highest BCUT2D eigenvalue weighted by atomic mass is 19.4. The average Bonchev–Trinajstić information content (AvgIpc) is 3.64. The zero-order valence-electron chi connectivity index (χ0n) is 19.4. The molecule has 0 spiro atoms. The number of carbonyl (C=O) groups excluding carboxylic acids is 1. The first-order chi connectivity index (χ1) is 17.7. The summed E-state index contributed by atoms with van der Waals surface area (Å²) in [6.45, 7) is 2.08. The maximum atomic E-state index is 13.6. The summed E-state index contributed by atoms with van der Waals surface area (Å²) in [6, 6.07) is 3.19. The first-order valence-electron chi connectivity index (χ1n) is 11.1. The van der Waals surface area contributed by atoms with E-state index in [0.717, 1.165) is 11.4 Å². The van der Waals surface area contributed by atoms with E-state index >= 15 is 0 Å². The number of nitrogens with one attached hydrogen (secondary N) is 1. The van der Waals surface area contributed by atoms with Crippen LogP contribution in [0.1, 0.15) is 39.5 Å². The van der Waals surface area contributed by atoms with Crippen LogP contribution in [-0.2, 0) is 13.5 Å². The van der Waals surface area contributed by atoms with Crippen molar-refractivity contribution in [1.82, 2.24) is 44.5 Å². The van der Waals surface area contributed by atoms with Gasteiger partial charge >= 0.3 is 18.2 Å². The fourth-order valence-electron chi connectivity index (χ4n) is 4.40. The zero-order chi connectivity index (χ0) is 25.9. The summed E-state index contributed by atoms with van der Waals surface area (Å²) in [6.07, 6.45) is 0.138. The Bertz CT molecular complexity index is 1630. The van der Waals surface area contributed by atoms with Gasteiger partial charge in [0.05, 0.1) is 29.5 Å². The number of rotatable bonds is 4. The maximum absolute atomic E-state index is 13.6. The standard InChI is InChI=1S/C22H18F3N9O3/c1-11-12(9-28-32(11)2)19-29-30-20(36-19)21(35)33-7-5-13-17(27-10-26-13)18(33)14-8-15-16(37-22(23,24)25)4-3-6-34(15)31-14/h3-4,6,8-10,18H,5,7H2,1-2H3,(H,26,27). The third-order valence-electron chi connectivity index (χ3n) is 6.25. The summed E-state index contributed by atoms with van der Waals surface area (Å²) in [5, 5.41) is 16.5. The molecule has 5 aromatic rings. The molecule has 0 bridgehead atoms. The number of aromatic amines is 1. The molecule has 0 saturated carbocycles. The second-order valence-electron chi connectivity index (χ2n) is 8.42. The molecule has 0 aromatic carbocycles. The van der Waals surface area contributed by atoms with Gasteiger partial charge in [-0.3, -0.25) is 9.48 Å². The highest BCUT2D eigenvalue weighted by molar-refractivity contribution is 5.90. The molecule has 0 saturated heterocycles. The van der Waals surface area contributed by atoms with E-state index < -0.39 is 24.1 Å². The van der Waals surface area contributed by atoms with E-state index in [-0.39, 0.29) is 23.8 Å². The van der Waals surface area contributed by atoms with Gasteiger partial charge in [-0.05, 0) is 25.1 Å². The third-order valence-corrected chi connectivity index (χ3v) is 6.25. The van der Waals surface area contributed by atoms with Crippen molar-refractivity contribution >= 4 is 11.4 Å². The van der Waals surface area contributed by atoms with E-state index in [4.69, 9.17) is 4.42 Å². The summed E-state index contributed by atoms with van der Waals surface area (Å²) in [5.41, 5.74) is 3.05. The van der Waals surface area contributed by atoms with Crippen molar-refractivity contribution in [3.05, 3.63) is 65.6 Å². The molecular weight excluding hydrogens is 495 g/mol. The van der Waals surface area contributed by atoms with Crippen LogP contribution in [0.25, 0.3) is 17.0 Å². The number of pyridine rings is 1. The van der Waals surface area contributed by atoms with E-state index in [9.17, 15) is 18.0 Å². The predicted octanol–water partition coefficient (Wildman–Crippen LogP) is 2.84. The number of alkyl halides is 3. The molecule has 0 aliphatic carbocycles. The van der Waals surface area contributed by atoms with Gasteiger partial charge in [-0.25, -0.2) is 9.50 Å². The van der Waals surface area contributed by atoms with Crippen molar-refractivity contribution in [3.8, 4) is 17.2 Å². The predicted molar refractivity (Wildman–Crippen MR) is 118 cm³/mol. The fourth-order valence-corrected chi connectivity index (χ4v) is 4.40. The van der Waals surface area contributed by atoms with Gasteiger partial charge in [0, 0.05) is 37.6 Å². The monoisotopic (exact) mass is 513 g/mol. The molecule has 0 radical (unpaired) electrons. The average molecular weight is 513 g/mol. The molecule has 1 atom stereocenters. The van der Waals surface area contributed by atoms with Crippen LogP contribution in [0.15, 0.2) is 41.3 Å². The van der Waals surface area contributed by atoms with Crippen LogP contribution in [0.5, 0.6) is 5.75 Å². The van der Waals surface area contributed by atoms with E-state index in [2.05, 4.69) is 35.1 Å². The Labute approximate surface area is 205 Å². The van der Waals surface area contributed by atoms with Gasteiger partial charge in [-0.1, -0.05) is 0 Å². The number of hydrogen-bond donors (Lipinski definition) is 1. The van der Waals surface area contributed by atoms with Crippen LogP contribution in [0.4, 0.5) is 13.2 Å². The van der Waals surface area contributed by atoms with E-state index in [1.165, 1.54) is 40.1 Å². The summed E-state index contributed by atoms with van der Waals surface area (Å²) in [5.74, 6) is -1.09. The lowest BCUT2D eigenvalue weighted by Gasteiger charge is -2.32. The molecule has 1 aliphatic heterocycles. The van der Waals surface area contributed by atoms with Crippen molar-refractivity contribution in [2.24, 2.45) is 7.05 Å². The quantitative estimate of drug-likeness (QED) is 0.388. The van der Waals surface area contributed by atoms with Crippen LogP contribution in [0.2, 0.25) is 0 Å². The summed E-state index contributed by atoms with van der Waals surface area (Å²) in [4.78, 5) is 22.5. The number of ether oxygens (including phenoxy) is 1. The number of imidazole rings is 1. The largest absolute Gasteiger partial charge is 0.573 e. The Morgan fingerprint density at radius 1 is 1.30 bits per heavy atom.